The quantitative estimate of drug-likeness (QED) is 0.791. The lowest BCUT2D eigenvalue weighted by Gasteiger charge is -2.10. The number of aliphatic hydroxyl groups is 1. The summed E-state index contributed by atoms with van der Waals surface area (Å²) in [5.74, 6) is 1.08. The number of hydrogen-bond acceptors (Lipinski definition) is 4. The van der Waals surface area contributed by atoms with E-state index >= 15 is 0 Å². The molecule has 0 bridgehead atoms. The van der Waals surface area contributed by atoms with Crippen LogP contribution in [-0.4, -0.2) is 24.9 Å². The predicted octanol–water partition coefficient (Wildman–Crippen LogP) is 1.33. The van der Waals surface area contributed by atoms with Crippen molar-refractivity contribution in [2.24, 2.45) is 0 Å². The van der Waals surface area contributed by atoms with Crippen LogP contribution >= 0.6 is 0 Å². The lowest BCUT2D eigenvalue weighted by molar-refractivity contribution is 0.194. The third-order valence-corrected chi connectivity index (χ3v) is 1.72. The molecular formula is C11H13NO3. The van der Waals surface area contributed by atoms with Gasteiger partial charge in [-0.1, -0.05) is 0 Å². The maximum atomic E-state index is 8.71. The van der Waals surface area contributed by atoms with Gasteiger partial charge >= 0.3 is 0 Å². The molecule has 0 aromatic heterocycles. The van der Waals surface area contributed by atoms with Crippen LogP contribution in [0.25, 0.3) is 0 Å². The smallest absolute Gasteiger partial charge is 0.162 e. The van der Waals surface area contributed by atoms with Crippen molar-refractivity contribution in [1.29, 1.82) is 5.26 Å². The van der Waals surface area contributed by atoms with E-state index in [4.69, 9.17) is 19.8 Å². The van der Waals surface area contributed by atoms with Gasteiger partial charge in [0.2, 0.25) is 0 Å². The largest absolute Gasteiger partial charge is 0.490 e. The fourth-order valence-corrected chi connectivity index (χ4v) is 1.12. The van der Waals surface area contributed by atoms with Gasteiger partial charge in [-0.3, -0.25) is 0 Å². The molecule has 80 valence electrons. The zero-order valence-electron chi connectivity index (χ0n) is 8.56. The van der Waals surface area contributed by atoms with Crippen molar-refractivity contribution in [1.82, 2.24) is 0 Å². The van der Waals surface area contributed by atoms with Crippen LogP contribution < -0.4 is 9.47 Å². The summed E-state index contributed by atoms with van der Waals surface area (Å²) in [6, 6.07) is 6.96. The Labute approximate surface area is 88.7 Å². The topological polar surface area (TPSA) is 62.5 Å². The fraction of sp³-hybridized carbons (Fsp3) is 0.364. The molecule has 0 amide bonds. The molecule has 0 saturated carbocycles. The highest BCUT2D eigenvalue weighted by Crippen LogP contribution is 2.28. The van der Waals surface area contributed by atoms with Crippen molar-refractivity contribution >= 4 is 0 Å². The fourth-order valence-electron chi connectivity index (χ4n) is 1.12. The van der Waals surface area contributed by atoms with Gasteiger partial charge in [-0.2, -0.15) is 5.26 Å². The van der Waals surface area contributed by atoms with Crippen LogP contribution in [0.2, 0.25) is 0 Å². The minimum atomic E-state index is -0.0500. The van der Waals surface area contributed by atoms with Crippen LogP contribution in [0.1, 0.15) is 12.5 Å². The predicted molar refractivity (Wildman–Crippen MR) is 54.9 cm³/mol. The highest BCUT2D eigenvalue weighted by atomic mass is 16.5. The van der Waals surface area contributed by atoms with Crippen molar-refractivity contribution in [3.8, 4) is 17.6 Å². The van der Waals surface area contributed by atoms with Crippen molar-refractivity contribution in [2.45, 2.75) is 6.92 Å². The molecule has 0 spiro atoms. The maximum Gasteiger partial charge on any atom is 0.162 e. The Balaban J connectivity index is 2.88. The molecule has 0 atom stereocenters. The average Bonchev–Trinajstić information content (AvgIpc) is 2.27. The number of nitriles is 1. The van der Waals surface area contributed by atoms with Gasteiger partial charge in [0.25, 0.3) is 0 Å². The number of aliphatic hydroxyl groups excluding tert-OH is 1. The molecule has 4 heteroatoms. The van der Waals surface area contributed by atoms with E-state index in [0.717, 1.165) is 0 Å². The average molecular weight is 207 g/mol. The Kier molecular flexibility index (Phi) is 4.45. The van der Waals surface area contributed by atoms with Gasteiger partial charge in [-0.15, -0.1) is 0 Å². The Morgan fingerprint density at radius 1 is 1.33 bits per heavy atom. The molecule has 1 aromatic carbocycles. The van der Waals surface area contributed by atoms with E-state index < -0.39 is 0 Å². The molecule has 0 aliphatic heterocycles. The Hall–Kier alpha value is -1.73. The van der Waals surface area contributed by atoms with Gasteiger partial charge in [-0.25, -0.2) is 0 Å². The summed E-state index contributed by atoms with van der Waals surface area (Å²) in [6.07, 6.45) is 0. The van der Waals surface area contributed by atoms with Crippen LogP contribution in [0.3, 0.4) is 0 Å². The first-order valence-corrected chi connectivity index (χ1v) is 4.72. The summed E-state index contributed by atoms with van der Waals surface area (Å²) in [4.78, 5) is 0. The minimum absolute atomic E-state index is 0.0500. The molecule has 15 heavy (non-hydrogen) atoms. The summed E-state index contributed by atoms with van der Waals surface area (Å²) >= 11 is 0. The van der Waals surface area contributed by atoms with Crippen LogP contribution in [0.15, 0.2) is 18.2 Å². The zero-order chi connectivity index (χ0) is 11.1. The number of benzene rings is 1. The standard InChI is InChI=1S/C11H13NO3/c1-2-14-11-7-9(8-12)3-4-10(11)15-6-5-13/h3-4,7,13H,2,5-6H2,1H3. The molecule has 0 heterocycles. The van der Waals surface area contributed by atoms with Gasteiger partial charge in [0.15, 0.2) is 11.5 Å². The summed E-state index contributed by atoms with van der Waals surface area (Å²) in [6.45, 7) is 2.52. The first-order valence-electron chi connectivity index (χ1n) is 4.72. The van der Waals surface area contributed by atoms with E-state index in [1.54, 1.807) is 18.2 Å². The summed E-state index contributed by atoms with van der Waals surface area (Å²) in [5.41, 5.74) is 0.523. The second-order valence-corrected chi connectivity index (χ2v) is 2.78. The van der Waals surface area contributed by atoms with Gasteiger partial charge in [0, 0.05) is 6.07 Å². The lowest BCUT2D eigenvalue weighted by Crippen LogP contribution is -2.04. The summed E-state index contributed by atoms with van der Waals surface area (Å²) in [7, 11) is 0. The molecule has 4 nitrogen and oxygen atoms in total. The SMILES string of the molecule is CCOc1cc(C#N)ccc1OCCO. The molecule has 0 aliphatic rings. The van der Waals surface area contributed by atoms with Gasteiger partial charge in [-0.05, 0) is 19.1 Å². The van der Waals surface area contributed by atoms with Gasteiger partial charge < -0.3 is 14.6 Å². The lowest BCUT2D eigenvalue weighted by atomic mass is 10.2. The zero-order valence-corrected chi connectivity index (χ0v) is 8.56. The van der Waals surface area contributed by atoms with E-state index in [1.165, 1.54) is 0 Å². The van der Waals surface area contributed by atoms with Gasteiger partial charge in [0.05, 0.1) is 24.8 Å². The van der Waals surface area contributed by atoms with Gasteiger partial charge in [0.1, 0.15) is 6.61 Å². The molecule has 0 fully saturated rings. The Morgan fingerprint density at radius 2 is 2.13 bits per heavy atom. The maximum absolute atomic E-state index is 8.71. The highest BCUT2D eigenvalue weighted by Gasteiger charge is 2.05. The Morgan fingerprint density at radius 3 is 2.73 bits per heavy atom. The molecule has 0 radical (unpaired) electrons. The van der Waals surface area contributed by atoms with Crippen molar-refractivity contribution in [3.05, 3.63) is 23.8 Å². The molecule has 1 N–H and O–H groups in total. The third kappa shape index (κ3) is 3.15. The van der Waals surface area contributed by atoms with E-state index in [9.17, 15) is 0 Å². The molecule has 0 aliphatic carbocycles. The number of hydrogen-bond donors (Lipinski definition) is 1. The van der Waals surface area contributed by atoms with Crippen LogP contribution in [-0.2, 0) is 0 Å². The monoisotopic (exact) mass is 207 g/mol. The molecule has 1 aromatic rings. The summed E-state index contributed by atoms with van der Waals surface area (Å²) < 4.78 is 10.6. The number of nitrogens with zero attached hydrogens (tertiary/aromatic N) is 1. The molecular weight excluding hydrogens is 194 g/mol. The summed E-state index contributed by atoms with van der Waals surface area (Å²) in [5, 5.41) is 17.3. The first kappa shape index (κ1) is 11.3. The van der Waals surface area contributed by atoms with Crippen LogP contribution in [0.5, 0.6) is 11.5 Å². The number of rotatable bonds is 5. The van der Waals surface area contributed by atoms with E-state index in [-0.39, 0.29) is 13.2 Å². The second-order valence-electron chi connectivity index (χ2n) is 2.78. The second kappa shape index (κ2) is 5.89. The van der Waals surface area contributed by atoms with E-state index in [0.29, 0.717) is 23.7 Å². The van der Waals surface area contributed by atoms with E-state index in [2.05, 4.69) is 0 Å². The van der Waals surface area contributed by atoms with Crippen molar-refractivity contribution in [3.63, 3.8) is 0 Å². The third-order valence-electron chi connectivity index (χ3n) is 1.72. The van der Waals surface area contributed by atoms with Crippen LogP contribution in [0, 0.1) is 11.3 Å². The van der Waals surface area contributed by atoms with Crippen LogP contribution in [0.4, 0.5) is 0 Å². The van der Waals surface area contributed by atoms with Crippen molar-refractivity contribution < 1.29 is 14.6 Å². The molecule has 0 unspecified atom stereocenters. The number of ether oxygens (including phenoxy) is 2. The molecule has 1 rings (SSSR count). The van der Waals surface area contributed by atoms with E-state index in [1.807, 2.05) is 13.0 Å². The Bertz CT molecular complexity index is 357. The normalized spacial score (nSPS) is 9.40. The van der Waals surface area contributed by atoms with Crippen molar-refractivity contribution in [2.75, 3.05) is 19.8 Å². The minimum Gasteiger partial charge on any atom is -0.490 e. The highest BCUT2D eigenvalue weighted by molar-refractivity contribution is 5.46. The molecule has 0 saturated heterocycles. The first-order chi connectivity index (χ1) is 7.31.